The maximum Gasteiger partial charge on any atom is 0.271 e. The molecule has 3 aromatic rings. The van der Waals surface area contributed by atoms with Gasteiger partial charge in [0.15, 0.2) is 15.0 Å². The summed E-state index contributed by atoms with van der Waals surface area (Å²) in [7, 11) is -3.23. The SMILES string of the molecule is CS(=O)(=O)c1ccc(Nc2nc(C(=O)NCc3cccnc3)cs2)cc1. The van der Waals surface area contributed by atoms with E-state index in [1.165, 1.54) is 23.5 Å². The van der Waals surface area contributed by atoms with Crippen molar-refractivity contribution in [1.82, 2.24) is 15.3 Å². The number of hydrogen-bond acceptors (Lipinski definition) is 7. The first kappa shape index (κ1) is 18.0. The van der Waals surface area contributed by atoms with Crippen LogP contribution in [0.5, 0.6) is 0 Å². The molecule has 0 aliphatic carbocycles. The summed E-state index contributed by atoms with van der Waals surface area (Å²) in [5.41, 5.74) is 1.91. The Balaban J connectivity index is 1.61. The molecule has 0 saturated heterocycles. The van der Waals surface area contributed by atoms with E-state index in [4.69, 9.17) is 0 Å². The van der Waals surface area contributed by atoms with Gasteiger partial charge in [-0.05, 0) is 35.9 Å². The van der Waals surface area contributed by atoms with E-state index in [0.29, 0.717) is 23.1 Å². The number of carbonyl (C=O) groups is 1. The first-order valence-corrected chi connectivity index (χ1v) is 10.4. The number of benzene rings is 1. The molecule has 1 aromatic carbocycles. The minimum atomic E-state index is -3.23. The molecule has 2 N–H and O–H groups in total. The van der Waals surface area contributed by atoms with Crippen molar-refractivity contribution < 1.29 is 13.2 Å². The second kappa shape index (κ2) is 7.63. The molecule has 0 spiro atoms. The Morgan fingerprint density at radius 3 is 2.62 bits per heavy atom. The van der Waals surface area contributed by atoms with Crippen LogP contribution in [0, 0.1) is 0 Å². The summed E-state index contributed by atoms with van der Waals surface area (Å²) in [6, 6.07) is 10.0. The number of anilines is 2. The number of sulfone groups is 1. The predicted octanol–water partition coefficient (Wildman–Crippen LogP) is 2.62. The molecule has 7 nitrogen and oxygen atoms in total. The zero-order valence-corrected chi connectivity index (χ0v) is 15.5. The molecule has 0 radical (unpaired) electrons. The van der Waals surface area contributed by atoms with Gasteiger partial charge in [0.2, 0.25) is 0 Å². The molecule has 1 amide bonds. The third kappa shape index (κ3) is 4.64. The molecular formula is C17H16N4O3S2. The lowest BCUT2D eigenvalue weighted by atomic mass is 10.3. The summed E-state index contributed by atoms with van der Waals surface area (Å²) in [4.78, 5) is 20.7. The van der Waals surface area contributed by atoms with Crippen molar-refractivity contribution in [3.8, 4) is 0 Å². The van der Waals surface area contributed by atoms with Gasteiger partial charge in [0.25, 0.3) is 5.91 Å². The quantitative estimate of drug-likeness (QED) is 0.673. The summed E-state index contributed by atoms with van der Waals surface area (Å²) in [6.45, 7) is 0.375. The molecule has 0 fully saturated rings. The lowest BCUT2D eigenvalue weighted by Gasteiger charge is -2.04. The van der Waals surface area contributed by atoms with E-state index in [1.54, 1.807) is 36.0 Å². The fourth-order valence-electron chi connectivity index (χ4n) is 2.12. The number of hydrogen-bond donors (Lipinski definition) is 2. The molecular weight excluding hydrogens is 372 g/mol. The van der Waals surface area contributed by atoms with E-state index in [0.717, 1.165) is 11.8 Å². The van der Waals surface area contributed by atoms with Crippen LogP contribution in [0.1, 0.15) is 16.1 Å². The topological polar surface area (TPSA) is 101 Å². The first-order valence-electron chi connectivity index (χ1n) is 7.61. The van der Waals surface area contributed by atoms with E-state index in [2.05, 4.69) is 20.6 Å². The highest BCUT2D eigenvalue weighted by molar-refractivity contribution is 7.90. The Labute approximate surface area is 155 Å². The average molecular weight is 388 g/mol. The van der Waals surface area contributed by atoms with Gasteiger partial charge in [0, 0.05) is 36.3 Å². The standard InChI is InChI=1S/C17H16N4O3S2/c1-26(23,24)14-6-4-13(5-7-14)20-17-21-15(11-25-17)16(22)19-10-12-3-2-8-18-9-12/h2-9,11H,10H2,1H3,(H,19,22)(H,20,21). The van der Waals surface area contributed by atoms with Gasteiger partial charge in [-0.25, -0.2) is 13.4 Å². The van der Waals surface area contributed by atoms with E-state index < -0.39 is 9.84 Å². The van der Waals surface area contributed by atoms with Gasteiger partial charge in [-0.2, -0.15) is 0 Å². The third-order valence-corrected chi connectivity index (χ3v) is 5.33. The number of amides is 1. The summed E-state index contributed by atoms with van der Waals surface area (Å²) in [6.07, 6.45) is 4.52. The summed E-state index contributed by atoms with van der Waals surface area (Å²) in [5.74, 6) is -0.273. The Kier molecular flexibility index (Phi) is 5.29. The summed E-state index contributed by atoms with van der Waals surface area (Å²) in [5, 5.41) is 8.05. The van der Waals surface area contributed by atoms with Crippen LogP contribution in [0.3, 0.4) is 0 Å². The number of nitrogens with one attached hydrogen (secondary N) is 2. The minimum absolute atomic E-state index is 0.248. The molecule has 26 heavy (non-hydrogen) atoms. The van der Waals surface area contributed by atoms with E-state index in [1.807, 2.05) is 6.07 Å². The molecule has 2 aromatic heterocycles. The van der Waals surface area contributed by atoms with E-state index in [-0.39, 0.29) is 10.8 Å². The number of pyridine rings is 1. The second-order valence-corrected chi connectivity index (χ2v) is 8.38. The average Bonchev–Trinajstić information content (AvgIpc) is 3.09. The van der Waals surface area contributed by atoms with Gasteiger partial charge in [-0.3, -0.25) is 9.78 Å². The molecule has 0 saturated carbocycles. The fourth-order valence-corrected chi connectivity index (χ4v) is 3.46. The molecule has 0 atom stereocenters. The highest BCUT2D eigenvalue weighted by atomic mass is 32.2. The summed E-state index contributed by atoms with van der Waals surface area (Å²) < 4.78 is 22.9. The van der Waals surface area contributed by atoms with Gasteiger partial charge >= 0.3 is 0 Å². The van der Waals surface area contributed by atoms with Crippen molar-refractivity contribution in [2.24, 2.45) is 0 Å². The fraction of sp³-hybridized carbons (Fsp3) is 0.118. The molecule has 9 heteroatoms. The number of nitrogens with zero attached hydrogens (tertiary/aromatic N) is 2. The molecule has 3 rings (SSSR count). The number of thiazole rings is 1. The Hall–Kier alpha value is -2.78. The van der Waals surface area contributed by atoms with Crippen LogP contribution in [0.2, 0.25) is 0 Å². The number of carbonyl (C=O) groups excluding carboxylic acids is 1. The monoisotopic (exact) mass is 388 g/mol. The molecule has 0 aliphatic rings. The highest BCUT2D eigenvalue weighted by Gasteiger charge is 2.11. The van der Waals surface area contributed by atoms with Crippen LogP contribution in [-0.4, -0.2) is 30.5 Å². The predicted molar refractivity (Wildman–Crippen MR) is 100 cm³/mol. The van der Waals surface area contributed by atoms with Gasteiger partial charge < -0.3 is 10.6 Å². The molecule has 134 valence electrons. The zero-order chi connectivity index (χ0) is 18.6. The molecule has 0 aliphatic heterocycles. The molecule has 2 heterocycles. The van der Waals surface area contributed by atoms with Crippen molar-refractivity contribution in [2.45, 2.75) is 11.4 Å². The lowest BCUT2D eigenvalue weighted by molar-refractivity contribution is 0.0946. The Morgan fingerprint density at radius 1 is 1.19 bits per heavy atom. The van der Waals surface area contributed by atoms with Crippen LogP contribution in [0.25, 0.3) is 0 Å². The van der Waals surface area contributed by atoms with Crippen molar-refractivity contribution in [3.05, 3.63) is 65.4 Å². The van der Waals surface area contributed by atoms with Crippen LogP contribution in [-0.2, 0) is 16.4 Å². The van der Waals surface area contributed by atoms with Crippen molar-refractivity contribution in [1.29, 1.82) is 0 Å². The summed E-state index contributed by atoms with van der Waals surface area (Å²) >= 11 is 1.29. The smallest absolute Gasteiger partial charge is 0.271 e. The van der Waals surface area contributed by atoms with Gasteiger partial charge in [0.05, 0.1) is 4.90 Å². The Bertz CT molecular complexity index is 1000. The van der Waals surface area contributed by atoms with Gasteiger partial charge in [-0.15, -0.1) is 11.3 Å². The Morgan fingerprint density at radius 2 is 1.96 bits per heavy atom. The van der Waals surface area contributed by atoms with Crippen LogP contribution >= 0.6 is 11.3 Å². The van der Waals surface area contributed by atoms with Crippen LogP contribution < -0.4 is 10.6 Å². The normalized spacial score (nSPS) is 11.1. The van der Waals surface area contributed by atoms with Gasteiger partial charge in [-0.1, -0.05) is 6.07 Å². The highest BCUT2D eigenvalue weighted by Crippen LogP contribution is 2.22. The minimum Gasteiger partial charge on any atom is -0.347 e. The molecule has 0 bridgehead atoms. The lowest BCUT2D eigenvalue weighted by Crippen LogP contribution is -2.23. The van der Waals surface area contributed by atoms with Gasteiger partial charge in [0.1, 0.15) is 5.69 Å². The van der Waals surface area contributed by atoms with E-state index >= 15 is 0 Å². The largest absolute Gasteiger partial charge is 0.347 e. The van der Waals surface area contributed by atoms with Crippen molar-refractivity contribution >= 4 is 37.9 Å². The van der Waals surface area contributed by atoms with Crippen molar-refractivity contribution in [3.63, 3.8) is 0 Å². The molecule has 0 unspecified atom stereocenters. The van der Waals surface area contributed by atoms with Crippen LogP contribution in [0.15, 0.2) is 59.1 Å². The maximum atomic E-state index is 12.2. The first-order chi connectivity index (χ1) is 12.4. The second-order valence-electron chi connectivity index (χ2n) is 5.50. The van der Waals surface area contributed by atoms with E-state index in [9.17, 15) is 13.2 Å². The maximum absolute atomic E-state index is 12.2. The number of rotatable bonds is 6. The van der Waals surface area contributed by atoms with Crippen molar-refractivity contribution in [2.75, 3.05) is 11.6 Å². The van der Waals surface area contributed by atoms with Crippen LogP contribution in [0.4, 0.5) is 10.8 Å². The zero-order valence-electron chi connectivity index (χ0n) is 13.8. The third-order valence-electron chi connectivity index (χ3n) is 3.45. The number of aromatic nitrogens is 2.